The van der Waals surface area contributed by atoms with Crippen molar-refractivity contribution in [1.29, 1.82) is 0 Å². The van der Waals surface area contributed by atoms with Gasteiger partial charge < -0.3 is 15.8 Å². The molecule has 5 heteroatoms. The van der Waals surface area contributed by atoms with Crippen LogP contribution in [0.15, 0.2) is 30.3 Å². The molecule has 3 N–H and O–H groups in total. The van der Waals surface area contributed by atoms with E-state index in [9.17, 15) is 4.79 Å². The first-order valence-electron chi connectivity index (χ1n) is 10.4. The molecule has 2 aliphatic rings. The summed E-state index contributed by atoms with van der Waals surface area (Å²) in [5, 5.41) is 3.19. The average Bonchev–Trinajstić information content (AvgIpc) is 2.67. The maximum absolute atomic E-state index is 12.7. The van der Waals surface area contributed by atoms with Crippen LogP contribution in [0.4, 0.5) is 0 Å². The summed E-state index contributed by atoms with van der Waals surface area (Å²) >= 11 is 0. The number of ether oxygens (including phenoxy) is 1. The van der Waals surface area contributed by atoms with Gasteiger partial charge in [-0.25, -0.2) is 0 Å². The SMILES string of the molecule is CC1(C)CN(C2(CNC(=O)C(N)Cc3ccccc3)CCCCC2)CCO1. The second-order valence-corrected chi connectivity index (χ2v) is 8.83. The summed E-state index contributed by atoms with van der Waals surface area (Å²) in [4.78, 5) is 15.2. The van der Waals surface area contributed by atoms with Crippen molar-refractivity contribution < 1.29 is 9.53 Å². The maximum atomic E-state index is 12.7. The van der Waals surface area contributed by atoms with Gasteiger partial charge in [-0.2, -0.15) is 0 Å². The number of nitrogens with one attached hydrogen (secondary N) is 1. The van der Waals surface area contributed by atoms with Gasteiger partial charge >= 0.3 is 0 Å². The normalized spacial score (nSPS) is 23.5. The van der Waals surface area contributed by atoms with Crippen LogP contribution in [-0.4, -0.2) is 54.2 Å². The van der Waals surface area contributed by atoms with Crippen LogP contribution in [0.3, 0.4) is 0 Å². The number of nitrogens with zero attached hydrogens (tertiary/aromatic N) is 1. The molecule has 0 aromatic heterocycles. The van der Waals surface area contributed by atoms with Gasteiger partial charge in [-0.15, -0.1) is 0 Å². The smallest absolute Gasteiger partial charge is 0.237 e. The standard InChI is InChI=1S/C22H35N3O2/c1-21(2)17-25(13-14-27-21)22(11-7-4-8-12-22)16-24-20(26)19(23)15-18-9-5-3-6-10-18/h3,5-6,9-10,19H,4,7-8,11-17,23H2,1-2H3,(H,24,26). The third-order valence-corrected chi connectivity index (χ3v) is 6.11. The Labute approximate surface area is 163 Å². The lowest BCUT2D eigenvalue weighted by Gasteiger charge is -2.51. The second-order valence-electron chi connectivity index (χ2n) is 8.83. The molecule has 1 unspecified atom stereocenters. The van der Waals surface area contributed by atoms with E-state index in [2.05, 4.69) is 24.1 Å². The highest BCUT2D eigenvalue weighted by Crippen LogP contribution is 2.36. The van der Waals surface area contributed by atoms with E-state index >= 15 is 0 Å². The number of hydrogen-bond acceptors (Lipinski definition) is 4. The third-order valence-electron chi connectivity index (χ3n) is 6.11. The van der Waals surface area contributed by atoms with Crippen molar-refractivity contribution in [3.05, 3.63) is 35.9 Å². The highest BCUT2D eigenvalue weighted by atomic mass is 16.5. The molecule has 1 heterocycles. The highest BCUT2D eigenvalue weighted by Gasteiger charge is 2.42. The van der Waals surface area contributed by atoms with E-state index in [0.717, 1.165) is 38.1 Å². The fraction of sp³-hybridized carbons (Fsp3) is 0.682. The van der Waals surface area contributed by atoms with Crippen molar-refractivity contribution in [3.8, 4) is 0 Å². The van der Waals surface area contributed by atoms with E-state index in [4.69, 9.17) is 10.5 Å². The molecular formula is C22H35N3O2. The summed E-state index contributed by atoms with van der Waals surface area (Å²) in [6.07, 6.45) is 6.59. The highest BCUT2D eigenvalue weighted by molar-refractivity contribution is 5.81. The van der Waals surface area contributed by atoms with Crippen molar-refractivity contribution >= 4 is 5.91 Å². The minimum atomic E-state index is -0.505. The molecule has 0 radical (unpaired) electrons. The summed E-state index contributed by atoms with van der Waals surface area (Å²) in [5.41, 5.74) is 7.20. The number of benzene rings is 1. The predicted octanol–water partition coefficient (Wildman–Crippen LogP) is 2.49. The molecule has 1 aromatic rings. The Bertz CT molecular complexity index is 611. The molecule has 27 heavy (non-hydrogen) atoms. The summed E-state index contributed by atoms with van der Waals surface area (Å²) in [6.45, 7) is 7.61. The molecule has 0 spiro atoms. The van der Waals surface area contributed by atoms with Gasteiger partial charge in [0.1, 0.15) is 0 Å². The molecule has 1 saturated heterocycles. The van der Waals surface area contributed by atoms with Crippen LogP contribution < -0.4 is 11.1 Å². The van der Waals surface area contributed by atoms with Crippen molar-refractivity contribution in [3.63, 3.8) is 0 Å². The lowest BCUT2D eigenvalue weighted by Crippen LogP contribution is -2.63. The summed E-state index contributed by atoms with van der Waals surface area (Å²) in [7, 11) is 0. The average molecular weight is 374 g/mol. The zero-order valence-electron chi connectivity index (χ0n) is 16.9. The van der Waals surface area contributed by atoms with Gasteiger partial charge in [0.25, 0.3) is 0 Å². The molecule has 1 atom stereocenters. The van der Waals surface area contributed by atoms with E-state index in [1.54, 1.807) is 0 Å². The number of morpholine rings is 1. The van der Waals surface area contributed by atoms with Gasteiger partial charge in [0.05, 0.1) is 18.2 Å². The van der Waals surface area contributed by atoms with Crippen LogP contribution in [0.1, 0.15) is 51.5 Å². The Hall–Kier alpha value is -1.43. The van der Waals surface area contributed by atoms with Crippen molar-refractivity contribution in [2.45, 2.75) is 69.6 Å². The second kappa shape index (κ2) is 8.72. The van der Waals surface area contributed by atoms with Gasteiger partial charge in [-0.1, -0.05) is 49.6 Å². The Morgan fingerprint density at radius 2 is 1.93 bits per heavy atom. The van der Waals surface area contributed by atoms with Gasteiger partial charge in [0.15, 0.2) is 0 Å². The fourth-order valence-corrected chi connectivity index (χ4v) is 4.58. The van der Waals surface area contributed by atoms with Crippen molar-refractivity contribution in [1.82, 2.24) is 10.2 Å². The molecule has 1 aliphatic carbocycles. The van der Waals surface area contributed by atoms with Crippen LogP contribution in [0, 0.1) is 0 Å². The molecular weight excluding hydrogens is 338 g/mol. The molecule has 2 fully saturated rings. The Kier molecular flexibility index (Phi) is 6.56. The van der Waals surface area contributed by atoms with E-state index < -0.39 is 6.04 Å². The third kappa shape index (κ3) is 5.31. The first kappa shape index (κ1) is 20.3. The fourth-order valence-electron chi connectivity index (χ4n) is 4.58. The van der Waals surface area contributed by atoms with Gasteiger partial charge in [-0.05, 0) is 38.7 Å². The molecule has 150 valence electrons. The Morgan fingerprint density at radius 1 is 1.22 bits per heavy atom. The maximum Gasteiger partial charge on any atom is 0.237 e. The van der Waals surface area contributed by atoms with Crippen LogP contribution in [0.2, 0.25) is 0 Å². The van der Waals surface area contributed by atoms with E-state index in [0.29, 0.717) is 13.0 Å². The Morgan fingerprint density at radius 3 is 2.59 bits per heavy atom. The van der Waals surface area contributed by atoms with Crippen LogP contribution >= 0.6 is 0 Å². The molecule has 1 amide bonds. The topological polar surface area (TPSA) is 67.6 Å². The van der Waals surface area contributed by atoms with Crippen LogP contribution in [0.5, 0.6) is 0 Å². The first-order valence-corrected chi connectivity index (χ1v) is 10.4. The largest absolute Gasteiger partial charge is 0.373 e. The van der Waals surface area contributed by atoms with E-state index in [1.807, 2.05) is 30.3 Å². The quantitative estimate of drug-likeness (QED) is 0.804. The van der Waals surface area contributed by atoms with Gasteiger partial charge in [0, 0.05) is 25.2 Å². The van der Waals surface area contributed by atoms with Crippen LogP contribution in [-0.2, 0) is 16.0 Å². The number of amides is 1. The van der Waals surface area contributed by atoms with Crippen LogP contribution in [0.25, 0.3) is 0 Å². The number of nitrogens with two attached hydrogens (primary N) is 1. The van der Waals surface area contributed by atoms with E-state index in [1.165, 1.54) is 19.3 Å². The molecule has 3 rings (SSSR count). The minimum absolute atomic E-state index is 0.0431. The molecule has 1 saturated carbocycles. The summed E-state index contributed by atoms with van der Waals surface area (Å²) < 4.78 is 5.91. The lowest BCUT2D eigenvalue weighted by atomic mass is 9.79. The molecule has 1 aliphatic heterocycles. The zero-order valence-corrected chi connectivity index (χ0v) is 16.9. The first-order chi connectivity index (χ1) is 12.9. The molecule has 5 nitrogen and oxygen atoms in total. The van der Waals surface area contributed by atoms with Crippen molar-refractivity contribution in [2.75, 3.05) is 26.2 Å². The summed E-state index contributed by atoms with van der Waals surface area (Å²) in [5.74, 6) is -0.0451. The predicted molar refractivity (Wildman–Crippen MR) is 109 cm³/mol. The minimum Gasteiger partial charge on any atom is -0.373 e. The lowest BCUT2D eigenvalue weighted by molar-refractivity contribution is -0.130. The van der Waals surface area contributed by atoms with Crippen molar-refractivity contribution in [2.24, 2.45) is 5.73 Å². The number of hydrogen-bond donors (Lipinski definition) is 2. The summed E-state index contributed by atoms with van der Waals surface area (Å²) in [6, 6.07) is 9.48. The molecule has 1 aromatic carbocycles. The number of carbonyl (C=O) groups is 1. The number of carbonyl (C=O) groups excluding carboxylic acids is 1. The van der Waals surface area contributed by atoms with E-state index in [-0.39, 0.29) is 17.0 Å². The monoisotopic (exact) mass is 373 g/mol. The van der Waals surface area contributed by atoms with Gasteiger partial charge in [0.2, 0.25) is 5.91 Å². The molecule has 0 bridgehead atoms. The Balaban J connectivity index is 1.62. The number of rotatable bonds is 6. The zero-order chi connectivity index (χ0) is 19.3. The van der Waals surface area contributed by atoms with Gasteiger partial charge in [-0.3, -0.25) is 9.69 Å².